The SMILES string of the molecule is [2H]c1c([2H])c(F)c(Nc2cc(C)c(C(C)C)cc2CC(=O)O)c(Cl)c1C. The lowest BCUT2D eigenvalue weighted by Gasteiger charge is -2.18. The molecule has 0 aliphatic carbocycles. The molecule has 0 saturated carbocycles. The summed E-state index contributed by atoms with van der Waals surface area (Å²) < 4.78 is 30.0. The van der Waals surface area contributed by atoms with E-state index in [2.05, 4.69) is 5.32 Å². The molecule has 0 fully saturated rings. The fourth-order valence-electron chi connectivity index (χ4n) is 2.61. The second-order valence-electron chi connectivity index (χ2n) is 6.09. The monoisotopic (exact) mass is 351 g/mol. The predicted octanol–water partition coefficient (Wildman–Crippen LogP) is 5.59. The summed E-state index contributed by atoms with van der Waals surface area (Å²) >= 11 is 6.18. The number of aryl methyl sites for hydroxylation is 1. The third-order valence-corrected chi connectivity index (χ3v) is 4.32. The van der Waals surface area contributed by atoms with E-state index >= 15 is 0 Å². The highest BCUT2D eigenvalue weighted by molar-refractivity contribution is 6.34. The van der Waals surface area contributed by atoms with E-state index in [4.69, 9.17) is 14.3 Å². The van der Waals surface area contributed by atoms with E-state index in [1.165, 1.54) is 0 Å². The Kier molecular flexibility index (Phi) is 4.65. The lowest BCUT2D eigenvalue weighted by Crippen LogP contribution is -2.07. The first-order valence-corrected chi connectivity index (χ1v) is 7.99. The van der Waals surface area contributed by atoms with E-state index in [0.717, 1.165) is 11.1 Å². The molecule has 0 saturated heterocycles. The van der Waals surface area contributed by atoms with Crippen LogP contribution in [0, 0.1) is 19.7 Å². The summed E-state index contributed by atoms with van der Waals surface area (Å²) in [6.07, 6.45) is -0.231. The fourth-order valence-corrected chi connectivity index (χ4v) is 2.79. The van der Waals surface area contributed by atoms with Crippen molar-refractivity contribution in [3.8, 4) is 0 Å². The molecule has 128 valence electrons. The van der Waals surface area contributed by atoms with Crippen LogP contribution in [-0.4, -0.2) is 11.1 Å². The van der Waals surface area contributed by atoms with E-state index < -0.39 is 17.8 Å². The first-order valence-electron chi connectivity index (χ1n) is 8.61. The van der Waals surface area contributed by atoms with Crippen molar-refractivity contribution in [1.29, 1.82) is 0 Å². The summed E-state index contributed by atoms with van der Waals surface area (Å²) in [7, 11) is 0. The van der Waals surface area contributed by atoms with Crippen LogP contribution >= 0.6 is 11.6 Å². The number of nitrogens with one attached hydrogen (secondary N) is 1. The Morgan fingerprint density at radius 3 is 2.58 bits per heavy atom. The smallest absolute Gasteiger partial charge is 0.307 e. The molecule has 2 rings (SSSR count). The summed E-state index contributed by atoms with van der Waals surface area (Å²) in [5, 5.41) is 12.1. The molecule has 0 spiro atoms. The Balaban J connectivity index is 2.63. The van der Waals surface area contributed by atoms with Gasteiger partial charge in [0, 0.05) is 5.69 Å². The van der Waals surface area contributed by atoms with Crippen LogP contribution < -0.4 is 5.32 Å². The molecular weight excluding hydrogens is 329 g/mol. The summed E-state index contributed by atoms with van der Waals surface area (Å²) in [5.74, 6) is -1.73. The van der Waals surface area contributed by atoms with Crippen LogP contribution in [0.4, 0.5) is 15.8 Å². The first-order chi connectivity index (χ1) is 12.0. The summed E-state index contributed by atoms with van der Waals surface area (Å²) in [6.45, 7) is 7.47. The maximum absolute atomic E-state index is 14.5. The Morgan fingerprint density at radius 1 is 1.33 bits per heavy atom. The van der Waals surface area contributed by atoms with Crippen molar-refractivity contribution in [2.75, 3.05) is 5.32 Å². The Hall–Kier alpha value is -2.07. The molecule has 2 aromatic carbocycles. The maximum atomic E-state index is 14.5. The molecule has 0 bridgehead atoms. The van der Waals surface area contributed by atoms with Crippen LogP contribution in [0.5, 0.6) is 0 Å². The molecule has 24 heavy (non-hydrogen) atoms. The normalized spacial score (nSPS) is 12.1. The average Bonchev–Trinajstić information content (AvgIpc) is 2.56. The number of rotatable bonds is 5. The molecule has 0 radical (unpaired) electrons. The lowest BCUT2D eigenvalue weighted by molar-refractivity contribution is -0.136. The van der Waals surface area contributed by atoms with Gasteiger partial charge < -0.3 is 10.4 Å². The highest BCUT2D eigenvalue weighted by Gasteiger charge is 2.16. The molecule has 0 heterocycles. The highest BCUT2D eigenvalue weighted by Crippen LogP contribution is 2.34. The van der Waals surface area contributed by atoms with Gasteiger partial charge in [0.2, 0.25) is 0 Å². The van der Waals surface area contributed by atoms with Crippen LogP contribution in [0.1, 0.15) is 44.8 Å². The second-order valence-corrected chi connectivity index (χ2v) is 6.47. The van der Waals surface area contributed by atoms with Gasteiger partial charge in [-0.3, -0.25) is 4.79 Å². The van der Waals surface area contributed by atoms with Gasteiger partial charge >= 0.3 is 5.97 Å². The molecule has 0 atom stereocenters. The number of carboxylic acid groups (broad SMARTS) is 1. The van der Waals surface area contributed by atoms with E-state index in [1.54, 1.807) is 19.1 Å². The number of hydrogen-bond acceptors (Lipinski definition) is 2. The zero-order valence-electron chi connectivity index (χ0n) is 16.1. The molecule has 0 aliphatic heterocycles. The summed E-state index contributed by atoms with van der Waals surface area (Å²) in [5.41, 5.74) is 3.04. The molecule has 5 heteroatoms. The van der Waals surface area contributed by atoms with Gasteiger partial charge in [-0.1, -0.05) is 37.6 Å². The maximum Gasteiger partial charge on any atom is 0.307 e. The molecule has 0 aromatic heterocycles. The van der Waals surface area contributed by atoms with Gasteiger partial charge in [-0.15, -0.1) is 0 Å². The lowest BCUT2D eigenvalue weighted by atomic mass is 9.93. The van der Waals surface area contributed by atoms with E-state index in [1.807, 2.05) is 20.8 Å². The minimum Gasteiger partial charge on any atom is -0.481 e. The molecule has 3 nitrogen and oxygen atoms in total. The van der Waals surface area contributed by atoms with Crippen LogP contribution in [0.15, 0.2) is 24.2 Å². The molecule has 0 unspecified atom stereocenters. The summed E-state index contributed by atoms with van der Waals surface area (Å²) in [4.78, 5) is 11.2. The molecule has 0 aliphatic rings. The quantitative estimate of drug-likeness (QED) is 0.738. The molecule has 2 aromatic rings. The van der Waals surface area contributed by atoms with Crippen molar-refractivity contribution in [2.24, 2.45) is 0 Å². The number of anilines is 2. The first kappa shape index (κ1) is 15.5. The number of carboxylic acids is 1. The van der Waals surface area contributed by atoms with Crippen molar-refractivity contribution in [3.05, 3.63) is 57.3 Å². The molecule has 2 N–H and O–H groups in total. The number of hydrogen-bond donors (Lipinski definition) is 2. The zero-order valence-corrected chi connectivity index (χ0v) is 14.8. The minimum absolute atomic E-state index is 0.00960. The standard InChI is InChI=1S/C19H21ClFNO2/c1-10(2)14-8-13(9-17(23)24)16(7-12(14)4)22-19-15(21)6-5-11(3)18(19)20/h5-8,10,22H,9H2,1-4H3,(H,23,24)/i5D,6D. The van der Waals surface area contributed by atoms with Crippen molar-refractivity contribution >= 4 is 28.9 Å². The molecule has 0 amide bonds. The Bertz CT molecular complexity index is 856. The Morgan fingerprint density at radius 2 is 2.00 bits per heavy atom. The van der Waals surface area contributed by atoms with Gasteiger partial charge in [0.1, 0.15) is 5.82 Å². The molecular formula is C19H21ClFNO2. The van der Waals surface area contributed by atoms with Crippen molar-refractivity contribution in [2.45, 2.75) is 40.0 Å². The number of benzene rings is 2. The van der Waals surface area contributed by atoms with Gasteiger partial charge in [0.15, 0.2) is 0 Å². The van der Waals surface area contributed by atoms with Crippen molar-refractivity contribution in [3.63, 3.8) is 0 Å². The number of aliphatic carboxylic acids is 1. The van der Waals surface area contributed by atoms with Gasteiger partial charge in [-0.05, 0) is 54.1 Å². The van der Waals surface area contributed by atoms with E-state index in [-0.39, 0.29) is 34.7 Å². The summed E-state index contributed by atoms with van der Waals surface area (Å²) in [6, 6.07) is 2.74. The van der Waals surface area contributed by atoms with Crippen LogP contribution in [0.25, 0.3) is 0 Å². The van der Waals surface area contributed by atoms with Crippen LogP contribution in [0.3, 0.4) is 0 Å². The van der Waals surface area contributed by atoms with Crippen molar-refractivity contribution < 1.29 is 17.0 Å². The van der Waals surface area contributed by atoms with Crippen LogP contribution in [0.2, 0.25) is 5.02 Å². The van der Waals surface area contributed by atoms with Crippen LogP contribution in [-0.2, 0) is 11.2 Å². The van der Waals surface area contributed by atoms with Gasteiger partial charge in [0.25, 0.3) is 0 Å². The van der Waals surface area contributed by atoms with Gasteiger partial charge in [-0.25, -0.2) is 4.39 Å². The van der Waals surface area contributed by atoms with Gasteiger partial charge in [0.05, 0.1) is 19.9 Å². The van der Waals surface area contributed by atoms with Gasteiger partial charge in [-0.2, -0.15) is 0 Å². The Labute approximate surface area is 149 Å². The second kappa shape index (κ2) is 7.22. The third-order valence-electron chi connectivity index (χ3n) is 3.84. The zero-order chi connectivity index (χ0) is 19.8. The van der Waals surface area contributed by atoms with Crippen molar-refractivity contribution in [1.82, 2.24) is 0 Å². The largest absolute Gasteiger partial charge is 0.481 e. The number of halogens is 2. The fraction of sp³-hybridized carbons (Fsp3) is 0.316. The van der Waals surface area contributed by atoms with E-state index in [9.17, 15) is 14.3 Å². The average molecular weight is 352 g/mol. The number of carbonyl (C=O) groups is 1. The third kappa shape index (κ3) is 3.88. The van der Waals surface area contributed by atoms with E-state index in [0.29, 0.717) is 11.3 Å². The highest BCUT2D eigenvalue weighted by atomic mass is 35.5. The predicted molar refractivity (Wildman–Crippen MR) is 96.0 cm³/mol. The minimum atomic E-state index is -1.00. The topological polar surface area (TPSA) is 49.3 Å².